The fourth-order valence-electron chi connectivity index (χ4n) is 2.13. The summed E-state index contributed by atoms with van der Waals surface area (Å²) in [5.74, 6) is 2.24. The molecule has 132 valence electrons. The summed E-state index contributed by atoms with van der Waals surface area (Å²) in [4.78, 5) is 4.50. The van der Waals surface area contributed by atoms with Crippen LogP contribution in [0.4, 0.5) is 0 Å². The summed E-state index contributed by atoms with van der Waals surface area (Å²) in [7, 11) is -2.99. The number of thioether (sulfide) groups is 1. The van der Waals surface area contributed by atoms with Gasteiger partial charge < -0.3 is 10.6 Å². The number of sulfonamides is 1. The van der Waals surface area contributed by atoms with E-state index < -0.39 is 10.0 Å². The molecule has 0 atom stereocenters. The quantitative estimate of drug-likeness (QED) is 0.233. The van der Waals surface area contributed by atoms with E-state index in [1.165, 1.54) is 12.2 Å². The molecule has 9 heteroatoms. The zero-order valence-electron chi connectivity index (χ0n) is 13.5. The van der Waals surface area contributed by atoms with Crippen molar-refractivity contribution in [3.63, 3.8) is 0 Å². The van der Waals surface area contributed by atoms with Gasteiger partial charge in [0.25, 0.3) is 0 Å². The van der Waals surface area contributed by atoms with Gasteiger partial charge in [0.2, 0.25) is 10.0 Å². The normalized spacial score (nSPS) is 18.0. The van der Waals surface area contributed by atoms with Crippen molar-refractivity contribution in [2.75, 3.05) is 50.5 Å². The Balaban J connectivity index is 0.00000441. The molecule has 0 unspecified atom stereocenters. The number of nitrogens with one attached hydrogen (secondary N) is 2. The first-order valence-corrected chi connectivity index (χ1v) is 10.6. The van der Waals surface area contributed by atoms with E-state index in [0.29, 0.717) is 19.6 Å². The maximum absolute atomic E-state index is 11.7. The molecule has 0 radical (unpaired) electrons. The van der Waals surface area contributed by atoms with Crippen LogP contribution in [0, 0.1) is 0 Å². The second kappa shape index (κ2) is 12.7. The van der Waals surface area contributed by atoms with E-state index in [-0.39, 0.29) is 29.7 Å². The minimum atomic E-state index is -2.99. The third kappa shape index (κ3) is 8.78. The summed E-state index contributed by atoms with van der Waals surface area (Å²) in [5.41, 5.74) is 0. The highest BCUT2D eigenvalue weighted by Gasteiger charge is 2.27. The van der Waals surface area contributed by atoms with E-state index in [1.54, 1.807) is 4.31 Å². The van der Waals surface area contributed by atoms with Gasteiger partial charge in [-0.3, -0.25) is 4.99 Å². The van der Waals surface area contributed by atoms with Crippen molar-refractivity contribution in [3.05, 3.63) is 0 Å². The third-order valence-corrected chi connectivity index (χ3v) is 5.88. The molecule has 0 bridgehead atoms. The predicted octanol–water partition coefficient (Wildman–Crippen LogP) is 1.34. The molecule has 0 spiro atoms. The number of guanidine groups is 1. The van der Waals surface area contributed by atoms with E-state index in [1.807, 2.05) is 18.7 Å². The molecule has 1 aliphatic heterocycles. The predicted molar refractivity (Wildman–Crippen MR) is 107 cm³/mol. The fraction of sp³-hybridized carbons (Fsp3) is 0.923. The van der Waals surface area contributed by atoms with Gasteiger partial charge in [0.05, 0.1) is 5.75 Å². The van der Waals surface area contributed by atoms with E-state index in [2.05, 4.69) is 21.9 Å². The topological polar surface area (TPSA) is 73.8 Å². The molecule has 22 heavy (non-hydrogen) atoms. The van der Waals surface area contributed by atoms with Gasteiger partial charge in [-0.2, -0.15) is 11.8 Å². The van der Waals surface area contributed by atoms with Gasteiger partial charge in [0, 0.05) is 32.7 Å². The SMILES string of the molecule is CCNC(=NCCCCSC)NCCN1CCCS1(=O)=O.I. The first-order chi connectivity index (χ1) is 10.1. The maximum Gasteiger partial charge on any atom is 0.214 e. The molecule has 0 aromatic rings. The summed E-state index contributed by atoms with van der Waals surface area (Å²) in [5, 5.41) is 6.39. The number of unbranched alkanes of at least 4 members (excludes halogenated alkanes) is 1. The minimum absolute atomic E-state index is 0. The molecule has 2 N–H and O–H groups in total. The number of nitrogens with zero attached hydrogens (tertiary/aromatic N) is 2. The zero-order valence-corrected chi connectivity index (χ0v) is 17.5. The molecular weight excluding hydrogens is 435 g/mol. The average molecular weight is 464 g/mol. The van der Waals surface area contributed by atoms with Crippen molar-refractivity contribution >= 4 is 51.7 Å². The van der Waals surface area contributed by atoms with E-state index >= 15 is 0 Å². The molecule has 1 rings (SSSR count). The van der Waals surface area contributed by atoms with Gasteiger partial charge >= 0.3 is 0 Å². The molecule has 0 aromatic heterocycles. The van der Waals surface area contributed by atoms with Crippen LogP contribution in [-0.2, 0) is 10.0 Å². The van der Waals surface area contributed by atoms with Crippen LogP contribution in [0.5, 0.6) is 0 Å². The summed E-state index contributed by atoms with van der Waals surface area (Å²) >= 11 is 1.86. The van der Waals surface area contributed by atoms with Crippen LogP contribution < -0.4 is 10.6 Å². The van der Waals surface area contributed by atoms with Gasteiger partial charge in [0.1, 0.15) is 0 Å². The largest absolute Gasteiger partial charge is 0.357 e. The zero-order chi connectivity index (χ0) is 15.6. The second-order valence-electron chi connectivity index (χ2n) is 4.96. The van der Waals surface area contributed by atoms with Crippen molar-refractivity contribution in [2.24, 2.45) is 4.99 Å². The number of aliphatic imine (C=N–C) groups is 1. The Morgan fingerprint density at radius 1 is 1.32 bits per heavy atom. The Bertz CT molecular complexity index is 418. The summed E-state index contributed by atoms with van der Waals surface area (Å²) in [6, 6.07) is 0. The first kappa shape index (κ1) is 22.3. The van der Waals surface area contributed by atoms with Crippen LogP contribution in [0.25, 0.3) is 0 Å². The molecule has 1 fully saturated rings. The highest BCUT2D eigenvalue weighted by molar-refractivity contribution is 14.0. The van der Waals surface area contributed by atoms with E-state index in [0.717, 1.165) is 31.9 Å². The van der Waals surface area contributed by atoms with Crippen LogP contribution in [0.2, 0.25) is 0 Å². The first-order valence-electron chi connectivity index (χ1n) is 7.59. The molecule has 0 aromatic carbocycles. The molecule has 6 nitrogen and oxygen atoms in total. The molecular formula is C13H29IN4O2S2. The lowest BCUT2D eigenvalue weighted by Gasteiger charge is -2.16. The summed E-state index contributed by atoms with van der Waals surface area (Å²) in [6.45, 7) is 5.38. The fourth-order valence-corrected chi connectivity index (χ4v) is 4.15. The Labute approximate surface area is 156 Å². The Kier molecular flexibility index (Phi) is 12.8. The standard InChI is InChI=1S/C13H28N4O2S2.HI/c1-3-14-13(15-7-4-5-11-20-2)16-8-10-17-9-6-12-21(17,18)19;/h3-12H2,1-2H3,(H2,14,15,16);1H. The van der Waals surface area contributed by atoms with Crippen LogP contribution in [0.1, 0.15) is 26.2 Å². The van der Waals surface area contributed by atoms with Crippen molar-refractivity contribution in [3.8, 4) is 0 Å². The second-order valence-corrected chi connectivity index (χ2v) is 8.03. The lowest BCUT2D eigenvalue weighted by atomic mass is 10.3. The lowest BCUT2D eigenvalue weighted by molar-refractivity contribution is 0.445. The lowest BCUT2D eigenvalue weighted by Crippen LogP contribution is -2.42. The maximum atomic E-state index is 11.7. The number of hydrogen-bond donors (Lipinski definition) is 2. The Morgan fingerprint density at radius 3 is 2.68 bits per heavy atom. The van der Waals surface area contributed by atoms with Crippen molar-refractivity contribution < 1.29 is 8.42 Å². The number of halogens is 1. The smallest absolute Gasteiger partial charge is 0.214 e. The monoisotopic (exact) mass is 464 g/mol. The summed E-state index contributed by atoms with van der Waals surface area (Å²) in [6.07, 6.45) is 5.11. The van der Waals surface area contributed by atoms with Crippen LogP contribution in [-0.4, -0.2) is 69.2 Å². The highest BCUT2D eigenvalue weighted by Crippen LogP contribution is 2.11. The van der Waals surface area contributed by atoms with Crippen molar-refractivity contribution in [2.45, 2.75) is 26.2 Å². The Hall–Kier alpha value is 0.260. The van der Waals surface area contributed by atoms with Gasteiger partial charge in [0.15, 0.2) is 5.96 Å². The van der Waals surface area contributed by atoms with E-state index in [9.17, 15) is 8.42 Å². The molecule has 1 saturated heterocycles. The average Bonchev–Trinajstić information content (AvgIpc) is 2.77. The Morgan fingerprint density at radius 2 is 2.09 bits per heavy atom. The van der Waals surface area contributed by atoms with Gasteiger partial charge in [-0.25, -0.2) is 12.7 Å². The molecule has 0 aliphatic carbocycles. The third-order valence-electron chi connectivity index (χ3n) is 3.23. The van der Waals surface area contributed by atoms with Crippen LogP contribution >= 0.6 is 35.7 Å². The molecule has 0 saturated carbocycles. The number of hydrogen-bond acceptors (Lipinski definition) is 4. The van der Waals surface area contributed by atoms with Crippen molar-refractivity contribution in [1.29, 1.82) is 0 Å². The minimum Gasteiger partial charge on any atom is -0.357 e. The summed E-state index contributed by atoms with van der Waals surface area (Å²) < 4.78 is 24.9. The molecule has 0 amide bonds. The van der Waals surface area contributed by atoms with E-state index in [4.69, 9.17) is 0 Å². The molecule has 1 aliphatic rings. The van der Waals surface area contributed by atoms with Crippen LogP contribution in [0.3, 0.4) is 0 Å². The van der Waals surface area contributed by atoms with Crippen molar-refractivity contribution in [1.82, 2.24) is 14.9 Å². The van der Waals surface area contributed by atoms with Gasteiger partial charge in [-0.15, -0.1) is 24.0 Å². The van der Waals surface area contributed by atoms with Crippen LogP contribution in [0.15, 0.2) is 4.99 Å². The number of rotatable bonds is 9. The molecule has 1 heterocycles. The van der Waals surface area contributed by atoms with Gasteiger partial charge in [-0.1, -0.05) is 0 Å². The van der Waals surface area contributed by atoms with Gasteiger partial charge in [-0.05, 0) is 38.2 Å². The highest BCUT2D eigenvalue weighted by atomic mass is 127.